The molecule has 1 aliphatic rings. The molecule has 1 amide bonds. The van der Waals surface area contributed by atoms with Gasteiger partial charge in [0.05, 0.1) is 10.8 Å². The lowest BCUT2D eigenvalue weighted by atomic mass is 10.0. The van der Waals surface area contributed by atoms with Gasteiger partial charge in [-0.25, -0.2) is 0 Å². The fourth-order valence-electron chi connectivity index (χ4n) is 5.08. The summed E-state index contributed by atoms with van der Waals surface area (Å²) in [5, 5.41) is 24.8. The van der Waals surface area contributed by atoms with Crippen LogP contribution in [-0.2, 0) is 0 Å². The Balaban J connectivity index is 1.05. The molecule has 0 aromatic heterocycles. The van der Waals surface area contributed by atoms with E-state index < -0.39 is 0 Å². The van der Waals surface area contributed by atoms with Gasteiger partial charge >= 0.3 is 0 Å². The first-order valence-corrected chi connectivity index (χ1v) is 14.5. The molecular formula is C32H35N3O3S. The first-order chi connectivity index (χ1) is 19.1. The quantitative estimate of drug-likeness (QED) is 0.259. The highest BCUT2D eigenvalue weighted by Crippen LogP contribution is 2.35. The van der Waals surface area contributed by atoms with Crippen LogP contribution in [0.5, 0.6) is 11.5 Å². The Labute approximate surface area is 234 Å². The fraction of sp³-hybridized carbons (Fsp3) is 0.281. The van der Waals surface area contributed by atoms with Crippen molar-refractivity contribution in [3.05, 3.63) is 108 Å². The number of phenolic OH excluding ortho intramolecular Hbond substituents is 2. The summed E-state index contributed by atoms with van der Waals surface area (Å²) in [5.41, 5.74) is 2.91. The second kappa shape index (κ2) is 13.0. The van der Waals surface area contributed by atoms with Crippen LogP contribution in [0, 0.1) is 0 Å². The molecule has 1 saturated heterocycles. The molecule has 1 aliphatic heterocycles. The topological polar surface area (TPSA) is 76.0 Å². The van der Waals surface area contributed by atoms with E-state index in [0.717, 1.165) is 45.0 Å². The largest absolute Gasteiger partial charge is 0.507 e. The van der Waals surface area contributed by atoms with E-state index >= 15 is 0 Å². The molecular weight excluding hydrogens is 506 g/mol. The van der Waals surface area contributed by atoms with Crippen molar-refractivity contribution in [2.75, 3.05) is 51.6 Å². The number of carbonyl (C=O) groups is 1. The first kappa shape index (κ1) is 27.1. The fourth-order valence-corrected chi connectivity index (χ4v) is 6.38. The predicted octanol–water partition coefficient (Wildman–Crippen LogP) is 5.12. The van der Waals surface area contributed by atoms with Crippen molar-refractivity contribution in [3.63, 3.8) is 0 Å². The van der Waals surface area contributed by atoms with Crippen molar-refractivity contribution < 1.29 is 15.0 Å². The highest BCUT2D eigenvalue weighted by Gasteiger charge is 2.19. The van der Waals surface area contributed by atoms with Crippen LogP contribution in [0.4, 0.5) is 0 Å². The van der Waals surface area contributed by atoms with Gasteiger partial charge in [-0.15, -0.1) is 11.8 Å². The van der Waals surface area contributed by atoms with Crippen molar-refractivity contribution >= 4 is 28.4 Å². The summed E-state index contributed by atoms with van der Waals surface area (Å²) < 4.78 is 0. The third kappa shape index (κ3) is 6.92. The molecule has 4 aromatic carbocycles. The number of hydrogen-bond donors (Lipinski definition) is 3. The van der Waals surface area contributed by atoms with Crippen molar-refractivity contribution in [1.82, 2.24) is 15.1 Å². The van der Waals surface area contributed by atoms with Crippen LogP contribution >= 0.6 is 11.8 Å². The smallest absolute Gasteiger partial charge is 0.255 e. The first-order valence-electron chi connectivity index (χ1n) is 13.5. The molecule has 202 valence electrons. The molecule has 4 aromatic rings. The molecule has 39 heavy (non-hydrogen) atoms. The van der Waals surface area contributed by atoms with Gasteiger partial charge in [-0.3, -0.25) is 14.6 Å². The van der Waals surface area contributed by atoms with E-state index in [1.54, 1.807) is 18.2 Å². The van der Waals surface area contributed by atoms with Gasteiger partial charge in [0.2, 0.25) is 0 Å². The Morgan fingerprint density at radius 3 is 2.03 bits per heavy atom. The zero-order valence-electron chi connectivity index (χ0n) is 22.0. The number of nitrogens with zero attached hydrogens (tertiary/aromatic N) is 2. The van der Waals surface area contributed by atoms with Gasteiger partial charge in [0.1, 0.15) is 11.5 Å². The summed E-state index contributed by atoms with van der Waals surface area (Å²) in [6.07, 6.45) is 0. The Morgan fingerprint density at radius 1 is 0.769 bits per heavy atom. The number of rotatable bonds is 10. The lowest BCUT2D eigenvalue weighted by molar-refractivity contribution is 0.0935. The maximum absolute atomic E-state index is 12.7. The number of piperazine rings is 1. The molecule has 0 unspecified atom stereocenters. The van der Waals surface area contributed by atoms with Gasteiger partial charge in [-0.05, 0) is 34.7 Å². The lowest BCUT2D eigenvalue weighted by Gasteiger charge is -2.34. The summed E-state index contributed by atoms with van der Waals surface area (Å²) in [5.74, 6) is 0.714. The molecule has 0 aliphatic carbocycles. The molecule has 6 nitrogen and oxygen atoms in total. The normalized spacial score (nSPS) is 14.6. The number of nitrogens with one attached hydrogen (secondary N) is 1. The number of carbonyl (C=O) groups excluding carboxylic acids is 1. The zero-order chi connectivity index (χ0) is 27.0. The van der Waals surface area contributed by atoms with Crippen molar-refractivity contribution in [2.24, 2.45) is 0 Å². The number of amides is 1. The average molecular weight is 542 g/mol. The van der Waals surface area contributed by atoms with Gasteiger partial charge < -0.3 is 15.5 Å². The maximum atomic E-state index is 12.7. The number of fused-ring (bicyclic) bond motifs is 1. The lowest BCUT2D eigenvalue weighted by Crippen LogP contribution is -2.48. The van der Waals surface area contributed by atoms with Crippen LogP contribution in [0.1, 0.15) is 26.7 Å². The molecule has 0 bridgehead atoms. The molecule has 0 spiro atoms. The highest BCUT2D eigenvalue weighted by molar-refractivity contribution is 7.99. The molecule has 0 atom stereocenters. The molecule has 5 rings (SSSR count). The van der Waals surface area contributed by atoms with Crippen LogP contribution < -0.4 is 5.32 Å². The molecule has 0 saturated carbocycles. The molecule has 7 heteroatoms. The summed E-state index contributed by atoms with van der Waals surface area (Å²) >= 11 is 2.00. The van der Waals surface area contributed by atoms with E-state index in [4.69, 9.17) is 0 Å². The molecule has 3 N–H and O–H groups in total. The van der Waals surface area contributed by atoms with Gasteiger partial charge in [-0.1, -0.05) is 72.8 Å². The second-order valence-corrected chi connectivity index (χ2v) is 11.1. The summed E-state index contributed by atoms with van der Waals surface area (Å²) in [7, 11) is 0. The minimum absolute atomic E-state index is 0.0831. The van der Waals surface area contributed by atoms with Crippen LogP contribution in [-0.4, -0.2) is 77.5 Å². The van der Waals surface area contributed by atoms with Crippen LogP contribution in [0.3, 0.4) is 0 Å². The van der Waals surface area contributed by atoms with Crippen LogP contribution in [0.15, 0.2) is 91.0 Å². The minimum atomic E-state index is -0.306. The molecule has 1 fully saturated rings. The van der Waals surface area contributed by atoms with E-state index in [1.165, 1.54) is 17.2 Å². The summed E-state index contributed by atoms with van der Waals surface area (Å²) in [6, 6.07) is 29.6. The Kier molecular flexibility index (Phi) is 9.04. The van der Waals surface area contributed by atoms with Gasteiger partial charge in [0.25, 0.3) is 5.91 Å². The predicted molar refractivity (Wildman–Crippen MR) is 160 cm³/mol. The number of benzene rings is 4. The standard InChI is InChI=1S/C32H35N3O3S/c36-29-13-7-12-26-22-28(30(37)23-27(26)29)32(38)33-14-15-34-16-18-35(19-17-34)20-21-39-31(24-8-3-1-4-9-24)25-10-5-2-6-11-25/h1-13,22-23,31,36-37H,14-21H2,(H,33,38). The minimum Gasteiger partial charge on any atom is -0.507 e. The zero-order valence-corrected chi connectivity index (χ0v) is 22.8. The Morgan fingerprint density at radius 2 is 1.38 bits per heavy atom. The third-order valence-corrected chi connectivity index (χ3v) is 8.59. The van der Waals surface area contributed by atoms with E-state index in [2.05, 4.69) is 75.8 Å². The van der Waals surface area contributed by atoms with E-state index in [1.807, 2.05) is 17.8 Å². The van der Waals surface area contributed by atoms with Crippen molar-refractivity contribution in [3.8, 4) is 11.5 Å². The van der Waals surface area contributed by atoms with E-state index in [9.17, 15) is 15.0 Å². The SMILES string of the molecule is O=C(NCCN1CCN(CCSC(c2ccccc2)c2ccccc2)CC1)c1cc2cccc(O)c2cc1O. The number of thioether (sulfide) groups is 1. The molecule has 0 radical (unpaired) electrons. The van der Waals surface area contributed by atoms with E-state index in [-0.39, 0.29) is 23.0 Å². The van der Waals surface area contributed by atoms with Crippen molar-refractivity contribution in [1.29, 1.82) is 0 Å². The Bertz CT molecular complexity index is 1340. The summed E-state index contributed by atoms with van der Waals surface area (Å²) in [4.78, 5) is 17.6. The summed E-state index contributed by atoms with van der Waals surface area (Å²) in [6.45, 7) is 6.33. The number of aromatic hydroxyl groups is 2. The van der Waals surface area contributed by atoms with E-state index in [0.29, 0.717) is 22.6 Å². The number of hydrogen-bond acceptors (Lipinski definition) is 6. The van der Waals surface area contributed by atoms with Crippen molar-refractivity contribution in [2.45, 2.75) is 5.25 Å². The van der Waals surface area contributed by atoms with Crippen LogP contribution in [0.25, 0.3) is 10.8 Å². The van der Waals surface area contributed by atoms with Gasteiger partial charge in [0, 0.05) is 57.0 Å². The number of phenols is 2. The average Bonchev–Trinajstić information content (AvgIpc) is 2.97. The van der Waals surface area contributed by atoms with Gasteiger partial charge in [-0.2, -0.15) is 0 Å². The second-order valence-electron chi connectivity index (χ2n) is 9.88. The van der Waals surface area contributed by atoms with Gasteiger partial charge in [0.15, 0.2) is 0 Å². The van der Waals surface area contributed by atoms with Crippen LogP contribution in [0.2, 0.25) is 0 Å². The highest BCUT2D eigenvalue weighted by atomic mass is 32.2. The molecule has 1 heterocycles. The monoisotopic (exact) mass is 541 g/mol. The third-order valence-electron chi connectivity index (χ3n) is 7.29. The maximum Gasteiger partial charge on any atom is 0.255 e. The Hall–Kier alpha value is -3.52.